The molecular weight excluding hydrogens is 220 g/mol. The molecule has 0 spiro atoms. The van der Waals surface area contributed by atoms with Crippen LogP contribution in [0.15, 0.2) is 12.3 Å². The summed E-state index contributed by atoms with van der Waals surface area (Å²) in [5, 5.41) is 0. The van der Waals surface area contributed by atoms with Gasteiger partial charge in [0.15, 0.2) is 0 Å². The van der Waals surface area contributed by atoms with Crippen LogP contribution in [0.25, 0.3) is 0 Å². The van der Waals surface area contributed by atoms with Gasteiger partial charge in [-0.15, -0.1) is 0 Å². The van der Waals surface area contributed by atoms with E-state index < -0.39 is 0 Å². The molecule has 18 heavy (non-hydrogen) atoms. The predicted octanol–water partition coefficient (Wildman–Crippen LogP) is 3.97. The van der Waals surface area contributed by atoms with E-state index in [2.05, 4.69) is 23.8 Å². The van der Waals surface area contributed by atoms with Gasteiger partial charge in [-0.2, -0.15) is 0 Å². The maximum Gasteiger partial charge on any atom is 0.0333 e. The Morgan fingerprint density at radius 3 is 2.72 bits per heavy atom. The molecule has 1 aromatic heterocycles. The van der Waals surface area contributed by atoms with Gasteiger partial charge in [-0.25, -0.2) is 0 Å². The number of rotatable bonds is 2. The van der Waals surface area contributed by atoms with Crippen LogP contribution < -0.4 is 5.73 Å². The molecule has 0 saturated heterocycles. The molecule has 0 amide bonds. The molecule has 1 saturated carbocycles. The lowest BCUT2D eigenvalue weighted by atomic mass is 9.84. The SMILES string of the molecule is CCC1CCC(n2ccc3c2CCCC3N)CC1. The van der Waals surface area contributed by atoms with Crippen LogP contribution in [-0.2, 0) is 6.42 Å². The van der Waals surface area contributed by atoms with Crippen molar-refractivity contribution in [3.05, 3.63) is 23.5 Å². The van der Waals surface area contributed by atoms with E-state index in [9.17, 15) is 0 Å². The Labute approximate surface area is 111 Å². The predicted molar refractivity (Wildman–Crippen MR) is 75.6 cm³/mol. The van der Waals surface area contributed by atoms with Crippen LogP contribution in [-0.4, -0.2) is 4.57 Å². The molecule has 2 heteroatoms. The van der Waals surface area contributed by atoms with Crippen molar-refractivity contribution < 1.29 is 0 Å². The number of nitrogens with zero attached hydrogens (tertiary/aromatic N) is 1. The smallest absolute Gasteiger partial charge is 0.0333 e. The molecule has 0 aliphatic heterocycles. The minimum atomic E-state index is 0.294. The fraction of sp³-hybridized carbons (Fsp3) is 0.750. The fourth-order valence-electron chi connectivity index (χ4n) is 3.93. The summed E-state index contributed by atoms with van der Waals surface area (Å²) in [7, 11) is 0. The summed E-state index contributed by atoms with van der Waals surface area (Å²) >= 11 is 0. The molecule has 0 aromatic carbocycles. The van der Waals surface area contributed by atoms with Gasteiger partial charge >= 0.3 is 0 Å². The van der Waals surface area contributed by atoms with Crippen LogP contribution in [0.3, 0.4) is 0 Å². The second kappa shape index (κ2) is 5.08. The van der Waals surface area contributed by atoms with E-state index in [0.717, 1.165) is 12.0 Å². The van der Waals surface area contributed by atoms with Crippen LogP contribution in [0.1, 0.15) is 75.2 Å². The Balaban J connectivity index is 1.77. The summed E-state index contributed by atoms with van der Waals surface area (Å²) < 4.78 is 2.57. The zero-order chi connectivity index (χ0) is 12.5. The summed E-state index contributed by atoms with van der Waals surface area (Å²) in [5.74, 6) is 0.981. The van der Waals surface area contributed by atoms with Gasteiger partial charge in [-0.05, 0) is 62.5 Å². The second-order valence-corrected chi connectivity index (χ2v) is 6.21. The van der Waals surface area contributed by atoms with Crippen LogP contribution in [0, 0.1) is 5.92 Å². The lowest BCUT2D eigenvalue weighted by molar-refractivity contribution is 0.265. The number of fused-ring (bicyclic) bond motifs is 1. The van der Waals surface area contributed by atoms with Crippen molar-refractivity contribution in [3.8, 4) is 0 Å². The van der Waals surface area contributed by atoms with Crippen molar-refractivity contribution in [1.29, 1.82) is 0 Å². The molecule has 1 heterocycles. The first-order valence-electron chi connectivity index (χ1n) is 7.74. The third-order valence-corrected chi connectivity index (χ3v) is 5.17. The van der Waals surface area contributed by atoms with E-state index in [0.29, 0.717) is 6.04 Å². The first-order valence-corrected chi connectivity index (χ1v) is 7.74. The van der Waals surface area contributed by atoms with Crippen molar-refractivity contribution in [2.24, 2.45) is 11.7 Å². The molecular formula is C16H26N2. The Hall–Kier alpha value is -0.760. The molecule has 1 aromatic rings. The summed E-state index contributed by atoms with van der Waals surface area (Å²) in [6.45, 7) is 2.33. The summed E-state index contributed by atoms with van der Waals surface area (Å²) in [6, 6.07) is 3.33. The molecule has 2 N–H and O–H groups in total. The maximum atomic E-state index is 6.22. The Morgan fingerprint density at radius 2 is 2.00 bits per heavy atom. The minimum Gasteiger partial charge on any atom is -0.348 e. The molecule has 100 valence electrons. The maximum absolute atomic E-state index is 6.22. The number of hydrogen-bond acceptors (Lipinski definition) is 1. The van der Waals surface area contributed by atoms with Gasteiger partial charge in [0.25, 0.3) is 0 Å². The van der Waals surface area contributed by atoms with Crippen LogP contribution in [0.5, 0.6) is 0 Å². The van der Waals surface area contributed by atoms with E-state index in [-0.39, 0.29) is 0 Å². The standard InChI is InChI=1S/C16H26N2/c1-2-12-6-8-13(9-7-12)18-11-10-14-15(17)4-3-5-16(14)18/h10-13,15H,2-9,17H2,1H3. The van der Waals surface area contributed by atoms with Gasteiger partial charge < -0.3 is 10.3 Å². The summed E-state index contributed by atoms with van der Waals surface area (Å²) in [6.07, 6.45) is 12.9. The Kier molecular flexibility index (Phi) is 3.47. The average Bonchev–Trinajstić information content (AvgIpc) is 2.84. The largest absolute Gasteiger partial charge is 0.348 e. The average molecular weight is 246 g/mol. The number of nitrogens with two attached hydrogens (primary N) is 1. The molecule has 2 aliphatic rings. The molecule has 1 unspecified atom stereocenters. The Morgan fingerprint density at radius 1 is 1.22 bits per heavy atom. The highest BCUT2D eigenvalue weighted by molar-refractivity contribution is 5.29. The quantitative estimate of drug-likeness (QED) is 0.841. The van der Waals surface area contributed by atoms with Crippen molar-refractivity contribution >= 4 is 0 Å². The van der Waals surface area contributed by atoms with E-state index in [1.807, 2.05) is 0 Å². The number of hydrogen-bond donors (Lipinski definition) is 1. The van der Waals surface area contributed by atoms with Gasteiger partial charge in [0.2, 0.25) is 0 Å². The Bertz CT molecular complexity index is 399. The summed E-state index contributed by atoms with van der Waals surface area (Å²) in [5.41, 5.74) is 9.20. The minimum absolute atomic E-state index is 0.294. The zero-order valence-corrected chi connectivity index (χ0v) is 11.6. The van der Waals surface area contributed by atoms with E-state index in [1.54, 1.807) is 5.69 Å². The topological polar surface area (TPSA) is 30.9 Å². The van der Waals surface area contributed by atoms with E-state index in [1.165, 1.54) is 56.9 Å². The first-order chi connectivity index (χ1) is 8.79. The fourth-order valence-corrected chi connectivity index (χ4v) is 3.93. The third kappa shape index (κ3) is 2.11. The number of aromatic nitrogens is 1. The lowest BCUT2D eigenvalue weighted by Crippen LogP contribution is -2.22. The molecule has 3 rings (SSSR count). The molecule has 1 atom stereocenters. The zero-order valence-electron chi connectivity index (χ0n) is 11.6. The lowest BCUT2D eigenvalue weighted by Gasteiger charge is -2.31. The van der Waals surface area contributed by atoms with Gasteiger partial charge in [0.1, 0.15) is 0 Å². The molecule has 0 bridgehead atoms. The van der Waals surface area contributed by atoms with E-state index >= 15 is 0 Å². The van der Waals surface area contributed by atoms with Crippen LogP contribution >= 0.6 is 0 Å². The summed E-state index contributed by atoms with van der Waals surface area (Å²) in [4.78, 5) is 0. The van der Waals surface area contributed by atoms with Gasteiger partial charge in [-0.3, -0.25) is 0 Å². The molecule has 0 radical (unpaired) electrons. The van der Waals surface area contributed by atoms with Crippen molar-refractivity contribution in [1.82, 2.24) is 4.57 Å². The second-order valence-electron chi connectivity index (χ2n) is 6.21. The highest BCUT2D eigenvalue weighted by Gasteiger charge is 2.26. The first kappa shape index (κ1) is 12.3. The van der Waals surface area contributed by atoms with Crippen LogP contribution in [0.2, 0.25) is 0 Å². The van der Waals surface area contributed by atoms with E-state index in [4.69, 9.17) is 5.73 Å². The normalized spacial score (nSPS) is 32.2. The molecule has 2 aliphatic carbocycles. The van der Waals surface area contributed by atoms with Gasteiger partial charge in [-0.1, -0.05) is 13.3 Å². The van der Waals surface area contributed by atoms with Crippen molar-refractivity contribution in [3.63, 3.8) is 0 Å². The molecule has 2 nitrogen and oxygen atoms in total. The van der Waals surface area contributed by atoms with Crippen molar-refractivity contribution in [2.45, 2.75) is 70.4 Å². The van der Waals surface area contributed by atoms with Crippen molar-refractivity contribution in [2.75, 3.05) is 0 Å². The molecule has 1 fully saturated rings. The highest BCUT2D eigenvalue weighted by atomic mass is 15.0. The third-order valence-electron chi connectivity index (χ3n) is 5.17. The van der Waals surface area contributed by atoms with Gasteiger partial charge in [0, 0.05) is 24.0 Å². The van der Waals surface area contributed by atoms with Gasteiger partial charge in [0.05, 0.1) is 0 Å². The monoisotopic (exact) mass is 246 g/mol. The highest BCUT2D eigenvalue weighted by Crippen LogP contribution is 2.37. The van der Waals surface area contributed by atoms with Crippen LogP contribution in [0.4, 0.5) is 0 Å².